The Bertz CT molecular complexity index is 458. The van der Waals surface area contributed by atoms with Crippen molar-refractivity contribution in [1.29, 1.82) is 0 Å². The van der Waals surface area contributed by atoms with Crippen LogP contribution in [-0.4, -0.2) is 16.6 Å². The minimum Gasteiger partial charge on any atom is -0.389 e. The van der Waals surface area contributed by atoms with Crippen molar-refractivity contribution >= 4 is 27.5 Å². The Morgan fingerprint density at radius 2 is 2.11 bits per heavy atom. The van der Waals surface area contributed by atoms with Crippen LogP contribution in [0.2, 0.25) is 0 Å². The van der Waals surface area contributed by atoms with E-state index in [1.807, 2.05) is 0 Å². The van der Waals surface area contributed by atoms with Crippen molar-refractivity contribution in [3.05, 3.63) is 28.5 Å². The number of carbonyl (C=O) groups excluding carboxylic acids is 1. The fourth-order valence-electron chi connectivity index (χ4n) is 2.29. The number of rotatable bonds is 3. The van der Waals surface area contributed by atoms with Crippen LogP contribution in [0, 0.1) is 5.82 Å². The summed E-state index contributed by atoms with van der Waals surface area (Å²) in [5.41, 5.74) is -0.337. The molecule has 2 rings (SSSR count). The molecular weight excluding hydrogens is 301 g/mol. The first-order valence-electron chi connectivity index (χ1n) is 5.96. The molecule has 0 heterocycles. The molecule has 5 heteroatoms. The normalized spacial score (nSPS) is 17.7. The van der Waals surface area contributed by atoms with Crippen LogP contribution in [-0.2, 0) is 4.79 Å². The molecule has 0 aliphatic heterocycles. The van der Waals surface area contributed by atoms with Gasteiger partial charge in [-0.25, -0.2) is 4.39 Å². The van der Waals surface area contributed by atoms with E-state index in [2.05, 4.69) is 21.2 Å². The van der Waals surface area contributed by atoms with E-state index in [4.69, 9.17) is 0 Å². The summed E-state index contributed by atoms with van der Waals surface area (Å²) in [6, 6.07) is 4.28. The van der Waals surface area contributed by atoms with Crippen molar-refractivity contribution in [3.63, 3.8) is 0 Å². The van der Waals surface area contributed by atoms with E-state index in [0.717, 1.165) is 12.8 Å². The van der Waals surface area contributed by atoms with Gasteiger partial charge in [0.1, 0.15) is 5.82 Å². The number of anilines is 1. The molecule has 0 unspecified atom stereocenters. The van der Waals surface area contributed by atoms with Crippen molar-refractivity contribution in [2.24, 2.45) is 0 Å². The van der Waals surface area contributed by atoms with Crippen LogP contribution in [0.5, 0.6) is 0 Å². The lowest BCUT2D eigenvalue weighted by molar-refractivity contribution is -0.120. The summed E-state index contributed by atoms with van der Waals surface area (Å²) < 4.78 is 13.3. The molecule has 0 aromatic heterocycles. The van der Waals surface area contributed by atoms with E-state index >= 15 is 0 Å². The van der Waals surface area contributed by atoms with Crippen LogP contribution in [0.1, 0.15) is 32.1 Å². The van der Waals surface area contributed by atoms with Crippen LogP contribution in [0.25, 0.3) is 0 Å². The largest absolute Gasteiger partial charge is 0.389 e. The summed E-state index contributed by atoms with van der Waals surface area (Å²) in [6.07, 6.45) is 3.38. The van der Waals surface area contributed by atoms with Gasteiger partial charge in [0.2, 0.25) is 5.91 Å². The van der Waals surface area contributed by atoms with Crippen molar-refractivity contribution in [2.75, 3.05) is 5.32 Å². The number of hydrogen-bond acceptors (Lipinski definition) is 2. The van der Waals surface area contributed by atoms with Gasteiger partial charge in [-0.2, -0.15) is 0 Å². The zero-order valence-electron chi connectivity index (χ0n) is 9.88. The number of benzene rings is 1. The van der Waals surface area contributed by atoms with E-state index in [1.54, 1.807) is 0 Å². The Labute approximate surface area is 114 Å². The van der Waals surface area contributed by atoms with Gasteiger partial charge in [0.05, 0.1) is 16.5 Å². The van der Waals surface area contributed by atoms with E-state index in [0.29, 0.717) is 23.0 Å². The summed E-state index contributed by atoms with van der Waals surface area (Å²) in [5, 5.41) is 12.8. The van der Waals surface area contributed by atoms with Crippen molar-refractivity contribution < 1.29 is 14.3 Å². The minimum atomic E-state index is -0.860. The highest BCUT2D eigenvalue weighted by atomic mass is 79.9. The maximum absolute atomic E-state index is 13.0. The van der Waals surface area contributed by atoms with E-state index < -0.39 is 5.60 Å². The fraction of sp³-hybridized carbons (Fsp3) is 0.462. The molecule has 1 aliphatic rings. The lowest BCUT2D eigenvalue weighted by Gasteiger charge is -2.21. The first-order valence-corrected chi connectivity index (χ1v) is 6.75. The fourth-order valence-corrected chi connectivity index (χ4v) is 2.67. The molecule has 1 amide bonds. The molecule has 2 N–H and O–H groups in total. The number of halogens is 2. The third-order valence-corrected chi connectivity index (χ3v) is 3.83. The molecule has 0 bridgehead atoms. The first-order chi connectivity index (χ1) is 8.48. The second-order valence-electron chi connectivity index (χ2n) is 4.79. The number of amides is 1. The Kier molecular flexibility index (Phi) is 4.02. The second kappa shape index (κ2) is 5.36. The lowest BCUT2D eigenvalue weighted by Crippen LogP contribution is -2.30. The van der Waals surface area contributed by atoms with Gasteiger partial charge in [0.15, 0.2) is 0 Å². The van der Waals surface area contributed by atoms with Crippen LogP contribution >= 0.6 is 15.9 Å². The Morgan fingerprint density at radius 3 is 2.72 bits per heavy atom. The molecule has 1 aromatic rings. The average Bonchev–Trinajstić information content (AvgIpc) is 2.70. The number of carbonyl (C=O) groups is 1. The van der Waals surface area contributed by atoms with Crippen molar-refractivity contribution in [2.45, 2.75) is 37.7 Å². The Morgan fingerprint density at radius 1 is 1.44 bits per heavy atom. The average molecular weight is 316 g/mol. The molecule has 3 nitrogen and oxygen atoms in total. The standard InChI is InChI=1S/C13H15BrFNO2/c14-10-7-9(3-4-11(10)15)16-12(17)8-13(18)5-1-2-6-13/h3-4,7,18H,1-2,5-6,8H2,(H,16,17). The van der Waals surface area contributed by atoms with Crippen LogP contribution < -0.4 is 5.32 Å². The molecule has 18 heavy (non-hydrogen) atoms. The van der Waals surface area contributed by atoms with E-state index in [-0.39, 0.29) is 18.1 Å². The van der Waals surface area contributed by atoms with Gasteiger partial charge < -0.3 is 10.4 Å². The van der Waals surface area contributed by atoms with Gasteiger partial charge in [-0.05, 0) is 47.0 Å². The number of aliphatic hydroxyl groups is 1. The third kappa shape index (κ3) is 3.29. The van der Waals surface area contributed by atoms with Crippen LogP contribution in [0.3, 0.4) is 0 Å². The number of hydrogen-bond donors (Lipinski definition) is 2. The molecule has 0 spiro atoms. The van der Waals surface area contributed by atoms with Crippen molar-refractivity contribution in [3.8, 4) is 0 Å². The summed E-state index contributed by atoms with van der Waals surface area (Å²) in [7, 11) is 0. The molecule has 98 valence electrons. The van der Waals surface area contributed by atoms with Crippen LogP contribution in [0.15, 0.2) is 22.7 Å². The molecule has 1 fully saturated rings. The van der Waals surface area contributed by atoms with Gasteiger partial charge >= 0.3 is 0 Å². The molecule has 0 atom stereocenters. The highest BCUT2D eigenvalue weighted by Gasteiger charge is 2.33. The van der Waals surface area contributed by atoms with Gasteiger partial charge in [0, 0.05) is 5.69 Å². The lowest BCUT2D eigenvalue weighted by atomic mass is 9.97. The molecule has 0 radical (unpaired) electrons. The summed E-state index contributed by atoms with van der Waals surface area (Å²) in [5.74, 6) is -0.611. The van der Waals surface area contributed by atoms with Gasteiger partial charge in [-0.15, -0.1) is 0 Å². The van der Waals surface area contributed by atoms with Gasteiger partial charge in [-0.1, -0.05) is 12.8 Å². The maximum atomic E-state index is 13.0. The summed E-state index contributed by atoms with van der Waals surface area (Å²) >= 11 is 3.06. The predicted octanol–water partition coefficient (Wildman–Crippen LogP) is 3.22. The Hall–Kier alpha value is -0.940. The monoisotopic (exact) mass is 315 g/mol. The van der Waals surface area contributed by atoms with Gasteiger partial charge in [0.25, 0.3) is 0 Å². The number of nitrogens with one attached hydrogen (secondary N) is 1. The zero-order chi connectivity index (χ0) is 13.2. The first kappa shape index (κ1) is 13.5. The third-order valence-electron chi connectivity index (χ3n) is 3.23. The second-order valence-corrected chi connectivity index (χ2v) is 5.64. The van der Waals surface area contributed by atoms with E-state index in [1.165, 1.54) is 18.2 Å². The zero-order valence-corrected chi connectivity index (χ0v) is 11.5. The SMILES string of the molecule is O=C(CC1(O)CCCC1)Nc1ccc(F)c(Br)c1. The maximum Gasteiger partial charge on any atom is 0.227 e. The Balaban J connectivity index is 1.96. The molecular formula is C13H15BrFNO2. The molecule has 0 saturated heterocycles. The highest BCUT2D eigenvalue weighted by molar-refractivity contribution is 9.10. The van der Waals surface area contributed by atoms with Crippen molar-refractivity contribution in [1.82, 2.24) is 0 Å². The minimum absolute atomic E-state index is 0.0992. The van der Waals surface area contributed by atoms with Crippen LogP contribution in [0.4, 0.5) is 10.1 Å². The predicted molar refractivity (Wildman–Crippen MR) is 70.8 cm³/mol. The summed E-state index contributed by atoms with van der Waals surface area (Å²) in [4.78, 5) is 11.8. The molecule has 1 aromatic carbocycles. The molecule has 1 saturated carbocycles. The smallest absolute Gasteiger partial charge is 0.227 e. The van der Waals surface area contributed by atoms with E-state index in [9.17, 15) is 14.3 Å². The molecule has 1 aliphatic carbocycles. The topological polar surface area (TPSA) is 49.3 Å². The summed E-state index contributed by atoms with van der Waals surface area (Å²) in [6.45, 7) is 0. The quantitative estimate of drug-likeness (QED) is 0.899. The van der Waals surface area contributed by atoms with Gasteiger partial charge in [-0.3, -0.25) is 4.79 Å². The highest BCUT2D eigenvalue weighted by Crippen LogP contribution is 2.32.